The third kappa shape index (κ3) is 6.24. The number of hydrogen-bond acceptors (Lipinski definition) is 6. The molecule has 1 aliphatic rings. The summed E-state index contributed by atoms with van der Waals surface area (Å²) in [5.74, 6) is 0.986. The summed E-state index contributed by atoms with van der Waals surface area (Å²) in [6.45, 7) is 4.89. The molecule has 1 fully saturated rings. The summed E-state index contributed by atoms with van der Waals surface area (Å²) in [5, 5.41) is 10.0. The molecule has 8 heteroatoms. The lowest BCUT2D eigenvalue weighted by Crippen LogP contribution is -2.29. The van der Waals surface area contributed by atoms with Crippen molar-refractivity contribution < 1.29 is 14.3 Å². The van der Waals surface area contributed by atoms with Crippen molar-refractivity contribution >= 4 is 50.5 Å². The van der Waals surface area contributed by atoms with E-state index in [0.717, 1.165) is 33.3 Å². The molecule has 1 amide bonds. The second-order valence-corrected chi connectivity index (χ2v) is 10.2. The number of nitrogens with zero attached hydrogens (tertiary/aromatic N) is 3. The smallest absolute Gasteiger partial charge is 0.266 e. The van der Waals surface area contributed by atoms with E-state index in [2.05, 4.69) is 22.0 Å². The van der Waals surface area contributed by atoms with E-state index in [-0.39, 0.29) is 12.5 Å². The Balaban J connectivity index is 1.61. The topological polar surface area (TPSA) is 74.9 Å². The largest absolute Gasteiger partial charge is 0.493 e. The lowest BCUT2D eigenvalue weighted by atomic mass is 10.1. The van der Waals surface area contributed by atoms with Crippen LogP contribution >= 0.6 is 27.7 Å². The first-order valence-electron chi connectivity index (χ1n) is 11.8. The van der Waals surface area contributed by atoms with Crippen LogP contribution in [0, 0.1) is 18.3 Å². The summed E-state index contributed by atoms with van der Waals surface area (Å²) in [7, 11) is 1.57. The first kappa shape index (κ1) is 26.5. The maximum atomic E-state index is 13.3. The van der Waals surface area contributed by atoms with E-state index < -0.39 is 0 Å². The Hall–Kier alpha value is -3.54. The molecule has 6 nitrogen and oxygen atoms in total. The molecule has 3 aromatic rings. The minimum Gasteiger partial charge on any atom is -0.493 e. The Labute approximate surface area is 229 Å². The third-order valence-electron chi connectivity index (χ3n) is 5.68. The summed E-state index contributed by atoms with van der Waals surface area (Å²) >= 11 is 4.98. The molecule has 0 spiro atoms. The van der Waals surface area contributed by atoms with Gasteiger partial charge in [0.1, 0.15) is 6.61 Å². The van der Waals surface area contributed by atoms with Crippen molar-refractivity contribution in [1.82, 2.24) is 4.90 Å². The molecule has 0 saturated carbocycles. The van der Waals surface area contributed by atoms with Crippen LogP contribution in [-0.2, 0) is 11.4 Å². The third-order valence-corrected chi connectivity index (χ3v) is 7.38. The van der Waals surface area contributed by atoms with E-state index in [4.69, 9.17) is 14.5 Å². The molecule has 0 N–H and O–H groups in total. The Morgan fingerprint density at radius 3 is 2.59 bits per heavy atom. The second-order valence-electron chi connectivity index (χ2n) is 8.38. The first-order valence-corrected chi connectivity index (χ1v) is 13.4. The molecule has 4 rings (SSSR count). The number of thioether (sulfide) groups is 1. The number of amides is 1. The number of carbonyl (C=O) groups is 1. The zero-order valence-corrected chi connectivity index (χ0v) is 23.2. The van der Waals surface area contributed by atoms with Crippen LogP contribution in [0.3, 0.4) is 0 Å². The summed E-state index contributed by atoms with van der Waals surface area (Å²) in [6, 6.07) is 21.1. The van der Waals surface area contributed by atoms with E-state index in [9.17, 15) is 10.1 Å². The van der Waals surface area contributed by atoms with Crippen LogP contribution in [0.15, 0.2) is 75.0 Å². The molecule has 0 radical (unpaired) electrons. The van der Waals surface area contributed by atoms with Gasteiger partial charge in [-0.2, -0.15) is 5.26 Å². The highest BCUT2D eigenvalue weighted by Crippen LogP contribution is 2.39. The van der Waals surface area contributed by atoms with Crippen molar-refractivity contribution in [2.24, 2.45) is 4.99 Å². The van der Waals surface area contributed by atoms with E-state index in [1.807, 2.05) is 74.5 Å². The SMILES string of the molecule is CCCN1C(=O)/C(=C\c2cc(OC)c(OCc3ccccc3C#N)cc2Br)SC1=Nc1ccc(C)cc1. The van der Waals surface area contributed by atoms with Crippen molar-refractivity contribution in [3.05, 3.63) is 92.3 Å². The molecule has 0 aromatic heterocycles. The quantitative estimate of drug-likeness (QED) is 0.265. The fourth-order valence-electron chi connectivity index (χ4n) is 3.73. The predicted octanol–water partition coefficient (Wildman–Crippen LogP) is 7.23. The number of benzene rings is 3. The number of nitriles is 1. The fraction of sp³-hybridized carbons (Fsp3) is 0.207. The van der Waals surface area contributed by atoms with Gasteiger partial charge in [0.05, 0.1) is 29.3 Å². The van der Waals surface area contributed by atoms with E-state index in [1.165, 1.54) is 11.8 Å². The maximum absolute atomic E-state index is 13.3. The molecule has 37 heavy (non-hydrogen) atoms. The van der Waals surface area contributed by atoms with Gasteiger partial charge >= 0.3 is 0 Å². The molecule has 0 aliphatic carbocycles. The van der Waals surface area contributed by atoms with Gasteiger partial charge in [0.2, 0.25) is 0 Å². The zero-order chi connectivity index (χ0) is 26.4. The van der Waals surface area contributed by atoms with Gasteiger partial charge < -0.3 is 9.47 Å². The summed E-state index contributed by atoms with van der Waals surface area (Å²) in [5.41, 5.74) is 4.11. The van der Waals surface area contributed by atoms with Crippen LogP contribution in [0.5, 0.6) is 11.5 Å². The van der Waals surface area contributed by atoms with Gasteiger partial charge in [-0.05, 0) is 67.1 Å². The van der Waals surface area contributed by atoms with Crippen molar-refractivity contribution in [3.63, 3.8) is 0 Å². The van der Waals surface area contributed by atoms with Crippen molar-refractivity contribution in [1.29, 1.82) is 5.26 Å². The standard InChI is InChI=1S/C29H26BrN3O3S/c1-4-13-33-28(34)27(37-29(33)32-23-11-9-19(2)10-12-23)15-22-14-25(35-3)26(16-24(22)30)36-18-21-8-6-5-7-20(21)17-31/h5-12,14-16H,4,13,18H2,1-3H3/b27-15+,32-29?. The number of methoxy groups -OCH3 is 1. The maximum Gasteiger partial charge on any atom is 0.266 e. The number of aryl methyl sites for hydroxylation is 1. The van der Waals surface area contributed by atoms with Gasteiger partial charge in [-0.25, -0.2) is 4.99 Å². The van der Waals surface area contributed by atoms with Crippen molar-refractivity contribution in [3.8, 4) is 17.6 Å². The molecule has 0 bridgehead atoms. The van der Waals surface area contributed by atoms with E-state index in [1.54, 1.807) is 18.1 Å². The lowest BCUT2D eigenvalue weighted by Gasteiger charge is -2.14. The Bertz CT molecular complexity index is 1410. The molecular formula is C29H26BrN3O3S. The van der Waals surface area contributed by atoms with Crippen molar-refractivity contribution in [2.45, 2.75) is 26.9 Å². The van der Waals surface area contributed by atoms with E-state index >= 15 is 0 Å². The Kier molecular flexibility index (Phi) is 8.70. The molecule has 1 saturated heterocycles. The molecule has 188 valence electrons. The minimum absolute atomic E-state index is 0.0722. The monoisotopic (exact) mass is 575 g/mol. The Morgan fingerprint density at radius 2 is 1.89 bits per heavy atom. The number of halogens is 1. The summed E-state index contributed by atoms with van der Waals surface area (Å²) in [6.07, 6.45) is 2.67. The molecular weight excluding hydrogens is 550 g/mol. The molecule has 0 unspecified atom stereocenters. The number of aliphatic imine (C=N–C) groups is 1. The zero-order valence-electron chi connectivity index (χ0n) is 20.8. The van der Waals surface area contributed by atoms with Crippen LogP contribution < -0.4 is 9.47 Å². The molecule has 1 heterocycles. The number of amidine groups is 1. The average molecular weight is 577 g/mol. The van der Waals surface area contributed by atoms with Crippen LogP contribution in [-0.4, -0.2) is 29.6 Å². The van der Waals surface area contributed by atoms with E-state index in [0.29, 0.717) is 33.7 Å². The summed E-state index contributed by atoms with van der Waals surface area (Å²) in [4.78, 5) is 20.3. The van der Waals surface area contributed by atoms with Gasteiger partial charge in [0.25, 0.3) is 5.91 Å². The highest BCUT2D eigenvalue weighted by atomic mass is 79.9. The average Bonchev–Trinajstić information content (AvgIpc) is 3.19. The number of carbonyl (C=O) groups excluding carboxylic acids is 1. The lowest BCUT2D eigenvalue weighted by molar-refractivity contribution is -0.122. The van der Waals surface area contributed by atoms with Gasteiger partial charge in [-0.15, -0.1) is 0 Å². The number of rotatable bonds is 8. The fourth-order valence-corrected chi connectivity index (χ4v) is 5.18. The Morgan fingerprint density at radius 1 is 1.14 bits per heavy atom. The summed E-state index contributed by atoms with van der Waals surface area (Å²) < 4.78 is 12.3. The van der Waals surface area contributed by atoms with Crippen LogP contribution in [0.4, 0.5) is 5.69 Å². The van der Waals surface area contributed by atoms with Gasteiger partial charge in [-0.3, -0.25) is 9.69 Å². The minimum atomic E-state index is -0.0722. The second kappa shape index (κ2) is 12.1. The van der Waals surface area contributed by atoms with Gasteiger partial charge in [0, 0.05) is 16.6 Å². The molecule has 3 aromatic carbocycles. The predicted molar refractivity (Wildman–Crippen MR) is 152 cm³/mol. The highest BCUT2D eigenvalue weighted by molar-refractivity contribution is 9.10. The van der Waals surface area contributed by atoms with Gasteiger partial charge in [-0.1, -0.05) is 58.7 Å². The molecule has 1 aliphatic heterocycles. The van der Waals surface area contributed by atoms with Crippen molar-refractivity contribution in [2.75, 3.05) is 13.7 Å². The normalized spacial score (nSPS) is 15.3. The van der Waals surface area contributed by atoms with Crippen LogP contribution in [0.2, 0.25) is 0 Å². The van der Waals surface area contributed by atoms with Crippen LogP contribution in [0.25, 0.3) is 6.08 Å². The van der Waals surface area contributed by atoms with Crippen LogP contribution in [0.1, 0.15) is 35.6 Å². The number of hydrogen-bond donors (Lipinski definition) is 0. The highest BCUT2D eigenvalue weighted by Gasteiger charge is 2.33. The van der Waals surface area contributed by atoms with Gasteiger partial charge in [0.15, 0.2) is 16.7 Å². The first-order chi connectivity index (χ1) is 17.9. The molecule has 0 atom stereocenters. The number of ether oxygens (including phenoxy) is 2.